The van der Waals surface area contributed by atoms with Crippen LogP contribution in [0.15, 0.2) is 6.33 Å². The Labute approximate surface area is 117 Å². The molecule has 19 heavy (non-hydrogen) atoms. The van der Waals surface area contributed by atoms with E-state index >= 15 is 0 Å². The number of hydrogen-bond donors (Lipinski definition) is 1. The molecule has 0 atom stereocenters. The van der Waals surface area contributed by atoms with Crippen molar-refractivity contribution in [3.05, 3.63) is 16.8 Å². The summed E-state index contributed by atoms with van der Waals surface area (Å²) < 4.78 is 0. The lowest BCUT2D eigenvalue weighted by atomic mass is 9.91. The number of nitrogens with two attached hydrogens (primary N) is 1. The topological polar surface area (TPSA) is 55.0 Å². The van der Waals surface area contributed by atoms with Crippen molar-refractivity contribution in [1.82, 2.24) is 9.97 Å². The molecule has 0 amide bonds. The minimum atomic E-state index is 0.612. The minimum absolute atomic E-state index is 0.612. The van der Waals surface area contributed by atoms with E-state index in [4.69, 9.17) is 5.73 Å². The summed E-state index contributed by atoms with van der Waals surface area (Å²) in [5.41, 5.74) is 7.10. The van der Waals surface area contributed by atoms with Crippen molar-refractivity contribution >= 4 is 27.4 Å². The Bertz CT molecular complexity index is 588. The second-order valence-electron chi connectivity index (χ2n) is 5.23. The minimum Gasteiger partial charge on any atom is -0.352 e. The Morgan fingerprint density at radius 1 is 1.37 bits per heavy atom. The fraction of sp³-hybridized carbons (Fsp3) is 0.571. The molecule has 2 N–H and O–H groups in total. The number of anilines is 1. The van der Waals surface area contributed by atoms with Crippen LogP contribution in [0.3, 0.4) is 0 Å². The molecule has 0 unspecified atom stereocenters. The first kappa shape index (κ1) is 12.8. The van der Waals surface area contributed by atoms with E-state index in [0.29, 0.717) is 12.6 Å². The Morgan fingerprint density at radius 3 is 2.79 bits per heavy atom. The number of hydrogen-bond acceptors (Lipinski definition) is 5. The van der Waals surface area contributed by atoms with E-state index in [0.717, 1.165) is 17.2 Å². The van der Waals surface area contributed by atoms with Crippen LogP contribution in [0.4, 0.5) is 5.82 Å². The van der Waals surface area contributed by atoms with Gasteiger partial charge in [0.05, 0.1) is 5.39 Å². The van der Waals surface area contributed by atoms with Crippen LogP contribution in [0.1, 0.15) is 29.7 Å². The highest BCUT2D eigenvalue weighted by Crippen LogP contribution is 2.37. The van der Waals surface area contributed by atoms with E-state index < -0.39 is 0 Å². The highest BCUT2D eigenvalue weighted by atomic mass is 32.1. The smallest absolute Gasteiger partial charge is 0.141 e. The zero-order valence-corrected chi connectivity index (χ0v) is 12.3. The molecular weight excluding hydrogens is 256 g/mol. The van der Waals surface area contributed by atoms with Gasteiger partial charge in [0, 0.05) is 24.0 Å². The summed E-state index contributed by atoms with van der Waals surface area (Å²) in [6.45, 7) is 5.87. The lowest BCUT2D eigenvalue weighted by molar-refractivity contribution is 0.386. The van der Waals surface area contributed by atoms with Crippen LogP contribution in [0.5, 0.6) is 0 Å². The first-order valence-corrected chi connectivity index (χ1v) is 7.71. The summed E-state index contributed by atoms with van der Waals surface area (Å²) in [7, 11) is 0. The predicted molar refractivity (Wildman–Crippen MR) is 80.9 cm³/mol. The lowest BCUT2D eigenvalue weighted by Gasteiger charge is -2.38. The van der Waals surface area contributed by atoms with Gasteiger partial charge in [0.2, 0.25) is 0 Å². The normalized spacial score (nSPS) is 15.7. The summed E-state index contributed by atoms with van der Waals surface area (Å²) in [6.07, 6.45) is 5.53. The third-order valence-corrected chi connectivity index (χ3v) is 5.22. The zero-order chi connectivity index (χ0) is 13.4. The molecule has 0 saturated heterocycles. The van der Waals surface area contributed by atoms with Crippen LogP contribution < -0.4 is 10.6 Å². The highest BCUT2D eigenvalue weighted by Gasteiger charge is 2.27. The maximum absolute atomic E-state index is 5.79. The van der Waals surface area contributed by atoms with E-state index in [2.05, 4.69) is 28.7 Å². The maximum Gasteiger partial charge on any atom is 0.141 e. The Kier molecular flexibility index (Phi) is 3.41. The van der Waals surface area contributed by atoms with Crippen molar-refractivity contribution in [1.29, 1.82) is 0 Å². The summed E-state index contributed by atoms with van der Waals surface area (Å²) in [5.74, 6) is 1.09. The van der Waals surface area contributed by atoms with Gasteiger partial charge in [0.15, 0.2) is 0 Å². The molecule has 0 aromatic carbocycles. The maximum atomic E-state index is 5.79. The number of thiophene rings is 1. The summed E-state index contributed by atoms with van der Waals surface area (Å²) in [4.78, 5) is 13.8. The van der Waals surface area contributed by atoms with Crippen molar-refractivity contribution in [2.75, 3.05) is 18.0 Å². The molecule has 1 aliphatic carbocycles. The molecule has 4 nitrogen and oxygen atoms in total. The average molecular weight is 276 g/mol. The predicted octanol–water partition coefficient (Wildman–Crippen LogP) is 2.63. The molecule has 2 aromatic rings. The van der Waals surface area contributed by atoms with Crippen molar-refractivity contribution in [3.63, 3.8) is 0 Å². The molecule has 102 valence electrons. The van der Waals surface area contributed by atoms with Crippen LogP contribution in [0.2, 0.25) is 0 Å². The van der Waals surface area contributed by atoms with Crippen molar-refractivity contribution in [3.8, 4) is 0 Å². The number of nitrogens with zero attached hydrogens (tertiary/aromatic N) is 3. The molecule has 3 rings (SSSR count). The van der Waals surface area contributed by atoms with Crippen LogP contribution in [-0.4, -0.2) is 29.1 Å². The first-order valence-electron chi connectivity index (χ1n) is 6.89. The monoisotopic (exact) mass is 276 g/mol. The van der Waals surface area contributed by atoms with Gasteiger partial charge in [0.1, 0.15) is 17.0 Å². The lowest BCUT2D eigenvalue weighted by Crippen LogP contribution is -2.43. The SMILES string of the molecule is Cc1sc2ncnc(N(CCN)C3CCC3)c2c1C. The van der Waals surface area contributed by atoms with E-state index in [1.54, 1.807) is 17.7 Å². The third-order valence-electron chi connectivity index (χ3n) is 4.10. The molecule has 2 heterocycles. The fourth-order valence-corrected chi connectivity index (χ4v) is 3.67. The molecule has 0 aliphatic heterocycles. The van der Waals surface area contributed by atoms with E-state index in [9.17, 15) is 0 Å². The third kappa shape index (κ3) is 2.11. The van der Waals surface area contributed by atoms with Gasteiger partial charge >= 0.3 is 0 Å². The fourth-order valence-electron chi connectivity index (χ4n) is 2.68. The van der Waals surface area contributed by atoms with Crippen LogP contribution >= 0.6 is 11.3 Å². The molecule has 5 heteroatoms. The quantitative estimate of drug-likeness (QED) is 0.932. The average Bonchev–Trinajstić information content (AvgIpc) is 2.63. The summed E-state index contributed by atoms with van der Waals surface area (Å²) >= 11 is 1.76. The largest absolute Gasteiger partial charge is 0.352 e. The molecular formula is C14H20N4S. The first-order chi connectivity index (χ1) is 9.22. The zero-order valence-electron chi connectivity index (χ0n) is 11.5. The number of rotatable bonds is 4. The number of aromatic nitrogens is 2. The van der Waals surface area contributed by atoms with Gasteiger partial charge in [-0.1, -0.05) is 0 Å². The highest BCUT2D eigenvalue weighted by molar-refractivity contribution is 7.18. The molecule has 1 saturated carbocycles. The van der Waals surface area contributed by atoms with Crippen molar-refractivity contribution in [2.24, 2.45) is 5.73 Å². The van der Waals surface area contributed by atoms with Gasteiger partial charge in [0.25, 0.3) is 0 Å². The Balaban J connectivity index is 2.11. The number of aryl methyl sites for hydroxylation is 2. The van der Waals surface area contributed by atoms with Gasteiger partial charge in [-0.25, -0.2) is 9.97 Å². The van der Waals surface area contributed by atoms with Gasteiger partial charge in [-0.2, -0.15) is 0 Å². The summed E-state index contributed by atoms with van der Waals surface area (Å²) in [5, 5.41) is 1.23. The second kappa shape index (κ2) is 5.06. The van der Waals surface area contributed by atoms with Gasteiger partial charge < -0.3 is 10.6 Å². The van der Waals surface area contributed by atoms with E-state index in [-0.39, 0.29) is 0 Å². The Hall–Kier alpha value is -1.20. The van der Waals surface area contributed by atoms with Gasteiger partial charge in [-0.05, 0) is 38.7 Å². The van der Waals surface area contributed by atoms with Crippen LogP contribution in [0, 0.1) is 13.8 Å². The van der Waals surface area contributed by atoms with Crippen molar-refractivity contribution in [2.45, 2.75) is 39.2 Å². The molecule has 0 bridgehead atoms. The number of fused-ring (bicyclic) bond motifs is 1. The molecule has 0 radical (unpaired) electrons. The molecule has 1 aliphatic rings. The van der Waals surface area contributed by atoms with Crippen LogP contribution in [-0.2, 0) is 0 Å². The molecule has 1 fully saturated rings. The van der Waals surface area contributed by atoms with Gasteiger partial charge in [-0.3, -0.25) is 0 Å². The standard InChI is InChI=1S/C14H20N4S/c1-9-10(2)19-14-12(9)13(16-8-17-14)18(7-6-15)11-4-3-5-11/h8,11H,3-7,15H2,1-2H3. The van der Waals surface area contributed by atoms with E-state index in [1.165, 1.54) is 35.1 Å². The second-order valence-corrected chi connectivity index (χ2v) is 6.43. The molecule has 2 aromatic heterocycles. The van der Waals surface area contributed by atoms with Gasteiger partial charge in [-0.15, -0.1) is 11.3 Å². The summed E-state index contributed by atoms with van der Waals surface area (Å²) in [6, 6.07) is 0.612. The molecule has 0 spiro atoms. The van der Waals surface area contributed by atoms with Crippen molar-refractivity contribution < 1.29 is 0 Å². The van der Waals surface area contributed by atoms with Crippen LogP contribution in [0.25, 0.3) is 10.2 Å². The Morgan fingerprint density at radius 2 is 2.16 bits per heavy atom. The van der Waals surface area contributed by atoms with E-state index in [1.807, 2.05) is 0 Å².